The van der Waals surface area contributed by atoms with Gasteiger partial charge in [-0.05, 0) is 23.6 Å². The number of nitrogens with zero attached hydrogens (tertiary/aromatic N) is 2. The molecule has 28 heavy (non-hydrogen) atoms. The minimum atomic E-state index is -0.936. The molecule has 0 bridgehead atoms. The summed E-state index contributed by atoms with van der Waals surface area (Å²) in [5.41, 5.74) is 1.28. The van der Waals surface area contributed by atoms with Gasteiger partial charge in [0, 0.05) is 31.3 Å². The quantitative estimate of drug-likeness (QED) is 0.586. The van der Waals surface area contributed by atoms with Gasteiger partial charge < -0.3 is 15.3 Å². The van der Waals surface area contributed by atoms with E-state index in [1.54, 1.807) is 6.92 Å². The summed E-state index contributed by atoms with van der Waals surface area (Å²) >= 11 is 0. The lowest BCUT2D eigenvalue weighted by Crippen LogP contribution is -2.30. The number of nitro benzene ring substituents is 1. The highest BCUT2D eigenvalue weighted by molar-refractivity contribution is 5.96. The fraction of sp³-hybridized carbons (Fsp3) is 0.300. The Kier molecular flexibility index (Phi) is 5.58. The van der Waals surface area contributed by atoms with Crippen molar-refractivity contribution < 1.29 is 19.6 Å². The van der Waals surface area contributed by atoms with Crippen molar-refractivity contribution in [3.8, 4) is 0 Å². The Morgan fingerprint density at radius 1 is 1.21 bits per heavy atom. The molecule has 2 aromatic rings. The van der Waals surface area contributed by atoms with E-state index in [0.29, 0.717) is 18.8 Å². The molecule has 146 valence electrons. The van der Waals surface area contributed by atoms with Crippen molar-refractivity contribution in [2.45, 2.75) is 13.5 Å². The van der Waals surface area contributed by atoms with Crippen LogP contribution in [0.3, 0.4) is 0 Å². The predicted molar refractivity (Wildman–Crippen MR) is 103 cm³/mol. The van der Waals surface area contributed by atoms with Crippen LogP contribution in [0.25, 0.3) is 0 Å². The fourth-order valence-corrected chi connectivity index (χ4v) is 3.40. The molecule has 0 spiro atoms. The fourth-order valence-electron chi connectivity index (χ4n) is 3.40. The molecule has 0 radical (unpaired) electrons. The normalized spacial score (nSPS) is 18.7. The molecule has 2 aromatic carbocycles. The number of carboxylic acid groups (broad SMARTS) is 1. The SMILES string of the molecule is C[C@@H]1CN(C(=O)c2ccc(NCc3ccccc3)c([N+](=O)[O-])c2)C[C@H]1C(=O)O. The molecule has 0 unspecified atom stereocenters. The summed E-state index contributed by atoms with van der Waals surface area (Å²) in [5, 5.41) is 23.7. The van der Waals surface area contributed by atoms with Crippen LogP contribution in [0.2, 0.25) is 0 Å². The topological polar surface area (TPSA) is 113 Å². The number of aliphatic carboxylic acids is 1. The Bertz CT molecular complexity index is 900. The Labute approximate surface area is 161 Å². The van der Waals surface area contributed by atoms with Crippen LogP contribution < -0.4 is 5.32 Å². The predicted octanol–water partition coefficient (Wildman–Crippen LogP) is 3.00. The Morgan fingerprint density at radius 2 is 1.93 bits per heavy atom. The van der Waals surface area contributed by atoms with Crippen LogP contribution in [0, 0.1) is 22.0 Å². The molecule has 8 heteroatoms. The average molecular weight is 383 g/mol. The average Bonchev–Trinajstić information content (AvgIpc) is 3.08. The lowest BCUT2D eigenvalue weighted by atomic mass is 9.99. The lowest BCUT2D eigenvalue weighted by molar-refractivity contribution is -0.384. The number of amides is 1. The Balaban J connectivity index is 1.78. The first-order chi connectivity index (χ1) is 13.4. The third kappa shape index (κ3) is 4.11. The maximum atomic E-state index is 12.7. The third-order valence-electron chi connectivity index (χ3n) is 4.98. The number of carbonyl (C=O) groups is 2. The van der Waals surface area contributed by atoms with Crippen molar-refractivity contribution in [2.75, 3.05) is 18.4 Å². The zero-order chi connectivity index (χ0) is 20.3. The maximum Gasteiger partial charge on any atom is 0.308 e. The van der Waals surface area contributed by atoms with Crippen LogP contribution in [0.15, 0.2) is 48.5 Å². The largest absolute Gasteiger partial charge is 0.481 e. The van der Waals surface area contributed by atoms with Gasteiger partial charge in [0.15, 0.2) is 0 Å². The number of likely N-dealkylation sites (tertiary alicyclic amines) is 1. The minimum absolute atomic E-state index is 0.108. The van der Waals surface area contributed by atoms with E-state index < -0.39 is 22.7 Å². The summed E-state index contributed by atoms with van der Waals surface area (Å²) in [5.74, 6) is -2.11. The summed E-state index contributed by atoms with van der Waals surface area (Å²) in [4.78, 5) is 36.4. The highest BCUT2D eigenvalue weighted by atomic mass is 16.6. The van der Waals surface area contributed by atoms with Gasteiger partial charge in [0.1, 0.15) is 5.69 Å². The molecule has 0 saturated carbocycles. The van der Waals surface area contributed by atoms with Gasteiger partial charge in [-0.25, -0.2) is 0 Å². The van der Waals surface area contributed by atoms with E-state index in [1.165, 1.54) is 23.1 Å². The van der Waals surface area contributed by atoms with Gasteiger partial charge in [0.05, 0.1) is 10.8 Å². The van der Waals surface area contributed by atoms with Crippen molar-refractivity contribution in [1.29, 1.82) is 0 Å². The summed E-state index contributed by atoms with van der Waals surface area (Å²) in [6, 6.07) is 13.8. The number of nitro groups is 1. The maximum absolute atomic E-state index is 12.7. The van der Waals surface area contributed by atoms with E-state index in [4.69, 9.17) is 0 Å². The zero-order valence-electron chi connectivity index (χ0n) is 15.4. The summed E-state index contributed by atoms with van der Waals surface area (Å²) in [6.07, 6.45) is 0. The number of hydrogen-bond donors (Lipinski definition) is 2. The molecule has 2 atom stereocenters. The molecule has 3 rings (SSSR count). The first kappa shape index (κ1) is 19.3. The molecule has 0 aromatic heterocycles. The van der Waals surface area contributed by atoms with Crippen molar-refractivity contribution >= 4 is 23.3 Å². The molecular weight excluding hydrogens is 362 g/mol. The van der Waals surface area contributed by atoms with E-state index in [0.717, 1.165) is 5.56 Å². The Morgan fingerprint density at radius 3 is 2.54 bits per heavy atom. The van der Waals surface area contributed by atoms with E-state index >= 15 is 0 Å². The number of anilines is 1. The number of nitrogens with one attached hydrogen (secondary N) is 1. The molecule has 1 heterocycles. The second-order valence-electron chi connectivity index (χ2n) is 6.96. The van der Waals surface area contributed by atoms with Gasteiger partial charge in [-0.15, -0.1) is 0 Å². The summed E-state index contributed by atoms with van der Waals surface area (Å²) < 4.78 is 0. The highest BCUT2D eigenvalue weighted by Gasteiger charge is 2.37. The monoisotopic (exact) mass is 383 g/mol. The van der Waals surface area contributed by atoms with Crippen LogP contribution in [0.1, 0.15) is 22.8 Å². The lowest BCUT2D eigenvalue weighted by Gasteiger charge is -2.16. The van der Waals surface area contributed by atoms with E-state index in [1.807, 2.05) is 30.3 Å². The van der Waals surface area contributed by atoms with E-state index in [9.17, 15) is 24.8 Å². The summed E-state index contributed by atoms with van der Waals surface area (Å²) in [6.45, 7) is 2.62. The minimum Gasteiger partial charge on any atom is -0.481 e. The number of rotatable bonds is 6. The second-order valence-corrected chi connectivity index (χ2v) is 6.96. The van der Waals surface area contributed by atoms with E-state index in [2.05, 4.69) is 5.32 Å². The van der Waals surface area contributed by atoms with Crippen molar-refractivity contribution in [3.63, 3.8) is 0 Å². The molecule has 8 nitrogen and oxygen atoms in total. The summed E-state index contributed by atoms with van der Waals surface area (Å²) in [7, 11) is 0. The Hall–Kier alpha value is -3.42. The molecule has 1 saturated heterocycles. The van der Waals surface area contributed by atoms with Crippen LogP contribution in [-0.2, 0) is 11.3 Å². The number of benzene rings is 2. The second kappa shape index (κ2) is 8.08. The van der Waals surface area contributed by atoms with Gasteiger partial charge >= 0.3 is 5.97 Å². The van der Waals surface area contributed by atoms with E-state index in [-0.39, 0.29) is 23.7 Å². The first-order valence-electron chi connectivity index (χ1n) is 8.95. The van der Waals surface area contributed by atoms with Crippen LogP contribution in [-0.4, -0.2) is 39.9 Å². The van der Waals surface area contributed by atoms with Gasteiger partial charge in [-0.2, -0.15) is 0 Å². The standard InChI is InChI=1S/C20H21N3O5/c1-13-11-22(12-16(13)20(25)26)19(24)15-7-8-17(18(9-15)23(27)28)21-10-14-5-3-2-4-6-14/h2-9,13,16,21H,10-12H2,1H3,(H,25,26)/t13-,16-/m1/s1. The molecule has 2 N–H and O–H groups in total. The van der Waals surface area contributed by atoms with Crippen LogP contribution in [0.5, 0.6) is 0 Å². The third-order valence-corrected chi connectivity index (χ3v) is 4.98. The first-order valence-corrected chi connectivity index (χ1v) is 8.95. The number of hydrogen-bond acceptors (Lipinski definition) is 5. The molecule has 1 fully saturated rings. The number of carbonyl (C=O) groups excluding carboxylic acids is 1. The van der Waals surface area contributed by atoms with Gasteiger partial charge in [0.2, 0.25) is 0 Å². The highest BCUT2D eigenvalue weighted by Crippen LogP contribution is 2.29. The van der Waals surface area contributed by atoms with Gasteiger partial charge in [-0.3, -0.25) is 19.7 Å². The molecule has 1 aliphatic heterocycles. The van der Waals surface area contributed by atoms with Crippen molar-refractivity contribution in [1.82, 2.24) is 4.90 Å². The molecule has 1 aliphatic rings. The van der Waals surface area contributed by atoms with Gasteiger partial charge in [-0.1, -0.05) is 37.3 Å². The van der Waals surface area contributed by atoms with Gasteiger partial charge in [0.25, 0.3) is 11.6 Å². The number of carboxylic acids is 1. The molecule has 1 amide bonds. The van der Waals surface area contributed by atoms with Crippen LogP contribution >= 0.6 is 0 Å². The van der Waals surface area contributed by atoms with Crippen molar-refractivity contribution in [2.24, 2.45) is 11.8 Å². The van der Waals surface area contributed by atoms with Crippen molar-refractivity contribution in [3.05, 3.63) is 69.8 Å². The zero-order valence-corrected chi connectivity index (χ0v) is 15.4. The molecular formula is C20H21N3O5. The van der Waals surface area contributed by atoms with Crippen LogP contribution in [0.4, 0.5) is 11.4 Å². The molecule has 0 aliphatic carbocycles. The smallest absolute Gasteiger partial charge is 0.308 e.